The van der Waals surface area contributed by atoms with Crippen LogP contribution in [0.2, 0.25) is 0 Å². The number of hydrogen-bond acceptors (Lipinski definition) is 4. The minimum Gasteiger partial charge on any atom is -0.375 e. The molecule has 1 saturated heterocycles. The molecule has 0 aliphatic carbocycles. The zero-order valence-corrected chi connectivity index (χ0v) is 20.3. The quantitative estimate of drug-likeness (QED) is 0.356. The Morgan fingerprint density at radius 3 is 2.64 bits per heavy atom. The van der Waals surface area contributed by atoms with E-state index in [2.05, 4.69) is 15.6 Å². The summed E-state index contributed by atoms with van der Waals surface area (Å²) in [5.74, 6) is -0.541. The second kappa shape index (κ2) is 10.3. The second-order valence-corrected chi connectivity index (χ2v) is 8.69. The van der Waals surface area contributed by atoms with Gasteiger partial charge in [0, 0.05) is 42.3 Å². The maximum atomic E-state index is 14.1. The van der Waals surface area contributed by atoms with Crippen LogP contribution in [0.3, 0.4) is 0 Å². The van der Waals surface area contributed by atoms with Crippen LogP contribution < -0.4 is 15.5 Å². The Kier molecular flexibility index (Phi) is 6.75. The molecule has 1 amide bonds. The number of rotatable bonds is 7. The molecule has 4 aromatic rings. The third-order valence-corrected chi connectivity index (χ3v) is 6.29. The average molecular weight is 502 g/mol. The fourth-order valence-electron chi connectivity index (χ4n) is 4.46. The Morgan fingerprint density at radius 1 is 1.08 bits per heavy atom. The Labute approximate surface area is 213 Å². The maximum absolute atomic E-state index is 14.1. The lowest BCUT2D eigenvalue weighted by atomic mass is 10.0. The number of nitrogens with one attached hydrogen (secondary N) is 2. The Morgan fingerprint density at radius 2 is 1.92 bits per heavy atom. The molecule has 0 radical (unpaired) electrons. The van der Waals surface area contributed by atoms with E-state index in [-0.39, 0.29) is 30.4 Å². The molecule has 0 spiro atoms. The van der Waals surface area contributed by atoms with Crippen molar-refractivity contribution in [3.63, 3.8) is 0 Å². The van der Waals surface area contributed by atoms with E-state index >= 15 is 0 Å². The largest absolute Gasteiger partial charge is 0.375 e. The summed E-state index contributed by atoms with van der Waals surface area (Å²) in [5.41, 5.74) is 3.96. The molecule has 1 aliphatic rings. The van der Waals surface area contributed by atoms with Gasteiger partial charge in [-0.3, -0.25) is 9.78 Å². The minimum absolute atomic E-state index is 0.0210. The van der Waals surface area contributed by atoms with E-state index in [1.165, 1.54) is 19.2 Å². The number of nitrogens with zero attached hydrogens (tertiary/aromatic N) is 3. The molecule has 0 unspecified atom stereocenters. The third-order valence-electron chi connectivity index (χ3n) is 5.97. The summed E-state index contributed by atoms with van der Waals surface area (Å²) in [6.45, 7) is -0.0210. The first-order valence-corrected chi connectivity index (χ1v) is 11.8. The SMILES string of the molecule is COCC(=O)Nc1ccc(N2C(=S)N[C@@H](c3ccccn3)[C@H]2c2cccn2-c2cccc(F)c2)cc1. The highest BCUT2D eigenvalue weighted by molar-refractivity contribution is 7.80. The summed E-state index contributed by atoms with van der Waals surface area (Å²) < 4.78 is 20.9. The minimum atomic E-state index is -0.309. The van der Waals surface area contributed by atoms with E-state index in [1.54, 1.807) is 12.3 Å². The Balaban J connectivity index is 1.56. The van der Waals surface area contributed by atoms with Gasteiger partial charge >= 0.3 is 0 Å². The molecule has 2 N–H and O–H groups in total. The highest BCUT2D eigenvalue weighted by Crippen LogP contribution is 2.42. The van der Waals surface area contributed by atoms with Crippen LogP contribution in [0.1, 0.15) is 23.5 Å². The van der Waals surface area contributed by atoms with Crippen molar-refractivity contribution in [2.45, 2.75) is 12.1 Å². The lowest BCUT2D eigenvalue weighted by Gasteiger charge is -2.29. The molecule has 0 bridgehead atoms. The van der Waals surface area contributed by atoms with E-state index in [9.17, 15) is 9.18 Å². The van der Waals surface area contributed by atoms with Gasteiger partial charge in [-0.1, -0.05) is 12.1 Å². The lowest BCUT2D eigenvalue weighted by Crippen LogP contribution is -2.30. The molecule has 0 saturated carbocycles. The second-order valence-electron chi connectivity index (χ2n) is 8.31. The number of pyridine rings is 1. The standard InChI is InChI=1S/C27H24FN5O2S/c1-35-17-24(34)30-19-10-12-20(13-11-19)33-26(25(31-27(33)36)22-8-2-3-14-29-22)23-9-5-15-32(23)21-7-4-6-18(28)16-21/h2-16,25-26H,17H2,1H3,(H,30,34)(H,31,36)/t25-,26+/m0/s1. The number of anilines is 2. The topological polar surface area (TPSA) is 71.4 Å². The predicted molar refractivity (Wildman–Crippen MR) is 141 cm³/mol. The van der Waals surface area contributed by atoms with Gasteiger partial charge in [-0.15, -0.1) is 0 Å². The van der Waals surface area contributed by atoms with E-state index in [4.69, 9.17) is 17.0 Å². The summed E-state index contributed by atoms with van der Waals surface area (Å²) in [7, 11) is 1.47. The van der Waals surface area contributed by atoms with Crippen LogP contribution in [-0.4, -0.2) is 34.3 Å². The first-order valence-electron chi connectivity index (χ1n) is 11.4. The molecule has 1 fully saturated rings. The van der Waals surface area contributed by atoms with Crippen molar-refractivity contribution >= 4 is 34.6 Å². The molecule has 2 aromatic heterocycles. The van der Waals surface area contributed by atoms with Crippen LogP contribution >= 0.6 is 12.2 Å². The first-order chi connectivity index (χ1) is 17.5. The van der Waals surface area contributed by atoms with Crippen molar-refractivity contribution in [3.8, 4) is 5.69 Å². The summed E-state index contributed by atoms with van der Waals surface area (Å²) in [4.78, 5) is 18.5. The monoisotopic (exact) mass is 501 g/mol. The van der Waals surface area contributed by atoms with Gasteiger partial charge in [0.2, 0.25) is 5.91 Å². The summed E-state index contributed by atoms with van der Waals surface area (Å²) in [5, 5.41) is 6.77. The number of thiocarbonyl (C=S) groups is 1. The third kappa shape index (κ3) is 4.71. The van der Waals surface area contributed by atoms with E-state index in [0.29, 0.717) is 16.5 Å². The number of halogens is 1. The number of aromatic nitrogens is 2. The summed E-state index contributed by atoms with van der Waals surface area (Å²) in [6.07, 6.45) is 3.66. The molecular formula is C27H24FN5O2S. The van der Waals surface area contributed by atoms with Gasteiger partial charge in [-0.05, 0) is 78.9 Å². The van der Waals surface area contributed by atoms with Crippen molar-refractivity contribution in [2.75, 3.05) is 23.9 Å². The van der Waals surface area contributed by atoms with Gasteiger partial charge in [-0.25, -0.2) is 4.39 Å². The summed E-state index contributed by atoms with van der Waals surface area (Å²) >= 11 is 5.80. The van der Waals surface area contributed by atoms with Crippen molar-refractivity contribution in [1.29, 1.82) is 0 Å². The molecule has 9 heteroatoms. The van der Waals surface area contributed by atoms with E-state index in [1.807, 2.05) is 76.3 Å². The van der Waals surface area contributed by atoms with Crippen LogP contribution in [0.15, 0.2) is 91.3 Å². The number of methoxy groups -OCH3 is 1. The Hall–Kier alpha value is -4.08. The molecule has 2 atom stereocenters. The van der Waals surface area contributed by atoms with Crippen LogP contribution in [0.5, 0.6) is 0 Å². The van der Waals surface area contributed by atoms with Crippen LogP contribution in [-0.2, 0) is 9.53 Å². The Bertz CT molecular complexity index is 1380. The smallest absolute Gasteiger partial charge is 0.250 e. The van der Waals surface area contributed by atoms with Crippen molar-refractivity contribution in [1.82, 2.24) is 14.9 Å². The van der Waals surface area contributed by atoms with Crippen LogP contribution in [0, 0.1) is 5.82 Å². The zero-order chi connectivity index (χ0) is 25.1. The highest BCUT2D eigenvalue weighted by Gasteiger charge is 2.42. The van der Waals surface area contributed by atoms with Gasteiger partial charge < -0.3 is 24.8 Å². The molecule has 3 heterocycles. The fourth-order valence-corrected chi connectivity index (χ4v) is 4.81. The number of hydrogen-bond donors (Lipinski definition) is 2. The number of amides is 1. The molecule has 7 nitrogen and oxygen atoms in total. The van der Waals surface area contributed by atoms with Gasteiger partial charge in [0.15, 0.2) is 5.11 Å². The normalized spacial score (nSPS) is 17.2. The van der Waals surface area contributed by atoms with Crippen molar-refractivity contribution < 1.29 is 13.9 Å². The molecule has 1 aliphatic heterocycles. The highest BCUT2D eigenvalue weighted by atomic mass is 32.1. The molecule has 36 heavy (non-hydrogen) atoms. The number of ether oxygens (including phenoxy) is 1. The van der Waals surface area contributed by atoms with Gasteiger partial charge in [0.25, 0.3) is 0 Å². The van der Waals surface area contributed by atoms with E-state index in [0.717, 1.165) is 17.1 Å². The van der Waals surface area contributed by atoms with Gasteiger partial charge in [0.05, 0.1) is 11.7 Å². The van der Waals surface area contributed by atoms with Crippen LogP contribution in [0.4, 0.5) is 15.8 Å². The van der Waals surface area contributed by atoms with Gasteiger partial charge in [-0.2, -0.15) is 0 Å². The number of benzene rings is 2. The molecule has 2 aromatic carbocycles. The number of carbonyl (C=O) groups is 1. The van der Waals surface area contributed by atoms with E-state index < -0.39 is 0 Å². The van der Waals surface area contributed by atoms with Gasteiger partial charge in [0.1, 0.15) is 18.5 Å². The predicted octanol–water partition coefficient (Wildman–Crippen LogP) is 4.77. The van der Waals surface area contributed by atoms with Crippen LogP contribution in [0.25, 0.3) is 5.69 Å². The number of carbonyl (C=O) groups excluding carboxylic acids is 1. The maximum Gasteiger partial charge on any atom is 0.250 e. The first kappa shape index (κ1) is 23.7. The van der Waals surface area contributed by atoms with Crippen molar-refractivity contribution in [2.24, 2.45) is 0 Å². The molecular weight excluding hydrogens is 477 g/mol. The fraction of sp³-hybridized carbons (Fsp3) is 0.148. The zero-order valence-electron chi connectivity index (χ0n) is 19.5. The molecule has 182 valence electrons. The average Bonchev–Trinajstić information content (AvgIpc) is 3.49. The summed E-state index contributed by atoms with van der Waals surface area (Å²) in [6, 6.07) is 23.1. The molecule has 5 rings (SSSR count). The lowest BCUT2D eigenvalue weighted by molar-refractivity contribution is -0.119. The van der Waals surface area contributed by atoms with Crippen molar-refractivity contribution in [3.05, 3.63) is 108 Å².